The lowest BCUT2D eigenvalue weighted by atomic mass is 9.88. The van der Waals surface area contributed by atoms with Gasteiger partial charge in [0.25, 0.3) is 11.4 Å². The SMILES string of the molecule is O=C(Nc1ccc([N+](=O)[O-])cc1)[C@@H]1[C@H]2C(=O)N(c3cccc([N+](=O)[O-])c3)C(=O)[C@@H]2[C@H]2C=Cc3ccccc3N21. The molecule has 0 aromatic heterocycles. The molecule has 0 bridgehead atoms. The summed E-state index contributed by atoms with van der Waals surface area (Å²) in [5.41, 5.74) is 1.44. The molecule has 2 fully saturated rings. The van der Waals surface area contributed by atoms with Crippen LogP contribution in [0.2, 0.25) is 0 Å². The Morgan fingerprint density at radius 2 is 1.51 bits per heavy atom. The molecular formula is C27H19N5O7. The van der Waals surface area contributed by atoms with E-state index in [1.54, 1.807) is 17.0 Å². The van der Waals surface area contributed by atoms with Crippen molar-refractivity contribution in [3.05, 3.63) is 105 Å². The number of para-hydroxylation sites is 1. The second-order valence-corrected chi connectivity index (χ2v) is 9.39. The molecule has 1 N–H and O–H groups in total. The van der Waals surface area contributed by atoms with E-state index in [2.05, 4.69) is 5.32 Å². The molecule has 0 spiro atoms. The van der Waals surface area contributed by atoms with Crippen LogP contribution in [-0.2, 0) is 14.4 Å². The zero-order valence-corrected chi connectivity index (χ0v) is 20.0. The maximum absolute atomic E-state index is 13.9. The Morgan fingerprint density at radius 3 is 2.23 bits per heavy atom. The van der Waals surface area contributed by atoms with Crippen molar-refractivity contribution >= 4 is 52.2 Å². The van der Waals surface area contributed by atoms with E-state index in [1.807, 2.05) is 24.3 Å². The van der Waals surface area contributed by atoms with E-state index in [0.29, 0.717) is 11.4 Å². The molecule has 3 aromatic carbocycles. The third kappa shape index (κ3) is 3.72. The van der Waals surface area contributed by atoms with Gasteiger partial charge in [-0.1, -0.05) is 36.4 Å². The summed E-state index contributed by atoms with van der Waals surface area (Å²) in [6, 6.07) is 16.1. The number of nitrogens with zero attached hydrogens (tertiary/aromatic N) is 4. The smallest absolute Gasteiger partial charge is 0.271 e. The van der Waals surface area contributed by atoms with Crippen molar-refractivity contribution < 1.29 is 24.2 Å². The van der Waals surface area contributed by atoms with Crippen molar-refractivity contribution in [2.75, 3.05) is 15.1 Å². The Hall–Kier alpha value is -5.39. The Balaban J connectivity index is 1.41. The molecule has 6 rings (SSSR count). The van der Waals surface area contributed by atoms with Gasteiger partial charge in [0.05, 0.1) is 33.4 Å². The quantitative estimate of drug-likeness (QED) is 0.301. The number of carbonyl (C=O) groups excluding carboxylic acids is 3. The molecule has 12 heteroatoms. The number of hydrogen-bond donors (Lipinski definition) is 1. The molecule has 4 atom stereocenters. The zero-order chi connectivity index (χ0) is 27.4. The predicted octanol–water partition coefficient (Wildman–Crippen LogP) is 3.53. The summed E-state index contributed by atoms with van der Waals surface area (Å²) in [6.45, 7) is 0. The molecule has 39 heavy (non-hydrogen) atoms. The van der Waals surface area contributed by atoms with Gasteiger partial charge in [-0.15, -0.1) is 0 Å². The first-order valence-electron chi connectivity index (χ1n) is 12.0. The van der Waals surface area contributed by atoms with Crippen molar-refractivity contribution in [3.63, 3.8) is 0 Å². The first-order valence-corrected chi connectivity index (χ1v) is 12.0. The standard InChI is InChI=1S/C27H19N5O7/c33-25(28-16-9-11-17(12-10-16)31(36)37)24-23-22(21-13-8-15-4-1-2-7-20(15)30(21)24)26(34)29(27(23)35)18-5-3-6-19(14-18)32(38)39/h1-14,21-24H,(H,28,33)/t21-,22-,23+,24+/m1/s1. The van der Waals surface area contributed by atoms with Gasteiger partial charge in [0.15, 0.2) is 0 Å². The molecule has 194 valence electrons. The first-order chi connectivity index (χ1) is 18.8. The highest BCUT2D eigenvalue weighted by Gasteiger charge is 2.64. The van der Waals surface area contributed by atoms with Gasteiger partial charge >= 0.3 is 0 Å². The largest absolute Gasteiger partial charge is 0.351 e. The predicted molar refractivity (Wildman–Crippen MR) is 140 cm³/mol. The van der Waals surface area contributed by atoms with Crippen molar-refractivity contribution in [1.82, 2.24) is 0 Å². The third-order valence-corrected chi connectivity index (χ3v) is 7.33. The average molecular weight is 525 g/mol. The maximum Gasteiger partial charge on any atom is 0.271 e. The fourth-order valence-corrected chi connectivity index (χ4v) is 5.70. The molecule has 0 saturated carbocycles. The highest BCUT2D eigenvalue weighted by molar-refractivity contribution is 6.25. The van der Waals surface area contributed by atoms with Crippen molar-refractivity contribution in [3.8, 4) is 0 Å². The zero-order valence-electron chi connectivity index (χ0n) is 20.0. The van der Waals surface area contributed by atoms with Crippen LogP contribution in [0.4, 0.5) is 28.4 Å². The summed E-state index contributed by atoms with van der Waals surface area (Å²) < 4.78 is 0. The lowest BCUT2D eigenvalue weighted by Crippen LogP contribution is -2.50. The molecule has 3 aliphatic heterocycles. The number of benzene rings is 3. The number of amides is 3. The fourth-order valence-electron chi connectivity index (χ4n) is 5.70. The summed E-state index contributed by atoms with van der Waals surface area (Å²) >= 11 is 0. The summed E-state index contributed by atoms with van der Waals surface area (Å²) in [5.74, 6) is -3.72. The minimum atomic E-state index is -1.10. The average Bonchev–Trinajstić information content (AvgIpc) is 3.41. The maximum atomic E-state index is 13.9. The van der Waals surface area contributed by atoms with Crippen molar-refractivity contribution in [2.24, 2.45) is 11.8 Å². The molecule has 3 aliphatic rings. The molecule has 0 aliphatic carbocycles. The van der Waals surface area contributed by atoms with Gasteiger partial charge in [0, 0.05) is 35.6 Å². The van der Waals surface area contributed by atoms with Crippen LogP contribution in [0.15, 0.2) is 78.9 Å². The van der Waals surface area contributed by atoms with E-state index in [-0.39, 0.29) is 17.1 Å². The van der Waals surface area contributed by atoms with Gasteiger partial charge in [-0.25, -0.2) is 4.90 Å². The molecule has 0 radical (unpaired) electrons. The molecule has 12 nitrogen and oxygen atoms in total. The van der Waals surface area contributed by atoms with E-state index >= 15 is 0 Å². The number of nitro benzene ring substituents is 2. The van der Waals surface area contributed by atoms with Gasteiger partial charge in [-0.3, -0.25) is 34.6 Å². The molecular weight excluding hydrogens is 506 g/mol. The molecule has 0 unspecified atom stereocenters. The third-order valence-electron chi connectivity index (χ3n) is 7.33. The highest BCUT2D eigenvalue weighted by Crippen LogP contribution is 2.49. The number of nitro groups is 2. The monoisotopic (exact) mass is 525 g/mol. The van der Waals surface area contributed by atoms with Gasteiger partial charge in [-0.05, 0) is 29.8 Å². The number of fused-ring (bicyclic) bond motifs is 5. The summed E-state index contributed by atoms with van der Waals surface area (Å²) in [5, 5.41) is 25.1. The van der Waals surface area contributed by atoms with Crippen LogP contribution in [0, 0.1) is 32.1 Å². The number of anilines is 3. The van der Waals surface area contributed by atoms with E-state index in [4.69, 9.17) is 0 Å². The van der Waals surface area contributed by atoms with Crippen LogP contribution in [0.5, 0.6) is 0 Å². The van der Waals surface area contributed by atoms with Crippen molar-refractivity contribution in [2.45, 2.75) is 12.1 Å². The lowest BCUT2D eigenvalue weighted by Gasteiger charge is -2.36. The van der Waals surface area contributed by atoms with Crippen LogP contribution >= 0.6 is 0 Å². The Kier molecular flexibility index (Phi) is 5.45. The summed E-state index contributed by atoms with van der Waals surface area (Å²) in [7, 11) is 0. The molecule has 3 amide bonds. The number of imide groups is 1. The van der Waals surface area contributed by atoms with Crippen molar-refractivity contribution in [1.29, 1.82) is 0 Å². The topological polar surface area (TPSA) is 156 Å². The van der Waals surface area contributed by atoms with E-state index < -0.39 is 51.5 Å². The van der Waals surface area contributed by atoms with Crippen LogP contribution < -0.4 is 15.1 Å². The van der Waals surface area contributed by atoms with E-state index in [0.717, 1.165) is 16.5 Å². The van der Waals surface area contributed by atoms with Crippen LogP contribution in [-0.4, -0.2) is 39.7 Å². The first kappa shape index (κ1) is 24.0. The molecule has 2 saturated heterocycles. The minimum Gasteiger partial charge on any atom is -0.351 e. The second kappa shape index (κ2) is 8.87. The van der Waals surface area contributed by atoms with Crippen LogP contribution in [0.3, 0.4) is 0 Å². The minimum absolute atomic E-state index is 0.0647. The Bertz CT molecular complexity index is 1600. The second-order valence-electron chi connectivity index (χ2n) is 9.39. The highest BCUT2D eigenvalue weighted by atomic mass is 16.6. The van der Waals surface area contributed by atoms with Gasteiger partial charge < -0.3 is 10.2 Å². The Morgan fingerprint density at radius 1 is 0.821 bits per heavy atom. The van der Waals surface area contributed by atoms with E-state index in [1.165, 1.54) is 42.5 Å². The number of carbonyl (C=O) groups is 3. The lowest BCUT2D eigenvalue weighted by molar-refractivity contribution is -0.385. The summed E-state index contributed by atoms with van der Waals surface area (Å²) in [6.07, 6.45) is 3.64. The number of non-ortho nitro benzene ring substituents is 2. The van der Waals surface area contributed by atoms with Crippen LogP contribution in [0.1, 0.15) is 5.56 Å². The number of hydrogen-bond acceptors (Lipinski definition) is 8. The number of rotatable bonds is 5. The van der Waals surface area contributed by atoms with Gasteiger partial charge in [0.2, 0.25) is 17.7 Å². The van der Waals surface area contributed by atoms with Crippen LogP contribution in [0.25, 0.3) is 6.08 Å². The number of nitrogens with one attached hydrogen (secondary N) is 1. The van der Waals surface area contributed by atoms with E-state index in [9.17, 15) is 34.6 Å². The molecule has 3 aromatic rings. The molecule has 3 heterocycles. The van der Waals surface area contributed by atoms with Gasteiger partial charge in [-0.2, -0.15) is 0 Å². The normalized spacial score (nSPS) is 22.8. The van der Waals surface area contributed by atoms with Gasteiger partial charge in [0.1, 0.15) is 6.04 Å². The Labute approximate surface area is 220 Å². The fraction of sp³-hybridized carbons (Fsp3) is 0.148. The summed E-state index contributed by atoms with van der Waals surface area (Å²) in [4.78, 5) is 65.3.